The van der Waals surface area contributed by atoms with Crippen LogP contribution in [0.1, 0.15) is 27.4 Å². The number of urea groups is 1. The first-order valence-corrected chi connectivity index (χ1v) is 11.1. The number of hydrogen-bond acceptors (Lipinski definition) is 5. The van der Waals surface area contributed by atoms with Gasteiger partial charge in [0.15, 0.2) is 0 Å². The van der Waals surface area contributed by atoms with Crippen LogP contribution in [0.5, 0.6) is 5.75 Å². The van der Waals surface area contributed by atoms with Gasteiger partial charge < -0.3 is 19.7 Å². The molecule has 0 atom stereocenters. The number of anilines is 1. The quantitative estimate of drug-likeness (QED) is 0.490. The summed E-state index contributed by atoms with van der Waals surface area (Å²) in [4.78, 5) is 19.1. The fourth-order valence-corrected chi connectivity index (χ4v) is 3.62. The number of nitrogens with zero attached hydrogens (tertiary/aromatic N) is 2. The molecule has 0 radical (unpaired) electrons. The van der Waals surface area contributed by atoms with Crippen molar-refractivity contribution in [3.8, 4) is 5.75 Å². The average molecular weight is 440 g/mol. The molecule has 0 aliphatic heterocycles. The summed E-state index contributed by atoms with van der Waals surface area (Å²) in [6, 6.07) is 13.6. The fraction of sp³-hybridized carbons (Fsp3) is 0.333. The molecule has 0 unspecified atom stereocenters. The molecule has 0 saturated heterocycles. The third-order valence-corrected chi connectivity index (χ3v) is 5.82. The maximum absolute atomic E-state index is 12.8. The Bertz CT molecular complexity index is 1000. The molecule has 2 aromatic carbocycles. The van der Waals surface area contributed by atoms with Crippen LogP contribution >= 0.6 is 11.3 Å². The largest absolute Gasteiger partial charge is 0.486 e. The van der Waals surface area contributed by atoms with Crippen molar-refractivity contribution in [1.82, 2.24) is 9.88 Å². The predicted octanol–water partition coefficient (Wildman–Crippen LogP) is 5.33. The number of thiazole rings is 1. The van der Waals surface area contributed by atoms with Gasteiger partial charge in [-0.2, -0.15) is 0 Å². The first kappa shape index (κ1) is 22.8. The second-order valence-corrected chi connectivity index (χ2v) is 8.42. The molecule has 3 aromatic rings. The third-order valence-electron chi connectivity index (χ3n) is 4.95. The Kier molecular flexibility index (Phi) is 8.03. The number of carbonyl (C=O) groups excluding carboxylic acids is 1. The molecule has 2 amide bonds. The number of benzene rings is 2. The number of nitrogens with one attached hydrogen (secondary N) is 1. The van der Waals surface area contributed by atoms with Crippen molar-refractivity contribution in [2.24, 2.45) is 0 Å². The van der Waals surface area contributed by atoms with Gasteiger partial charge >= 0.3 is 6.03 Å². The van der Waals surface area contributed by atoms with Crippen LogP contribution in [0.25, 0.3) is 0 Å². The fourth-order valence-electron chi connectivity index (χ4n) is 2.93. The van der Waals surface area contributed by atoms with Gasteiger partial charge in [-0.3, -0.25) is 0 Å². The summed E-state index contributed by atoms with van der Waals surface area (Å²) in [6.45, 7) is 7.90. The van der Waals surface area contributed by atoms with E-state index in [1.807, 2.05) is 48.7 Å². The lowest BCUT2D eigenvalue weighted by Crippen LogP contribution is -2.37. The van der Waals surface area contributed by atoms with Crippen molar-refractivity contribution in [3.63, 3.8) is 0 Å². The van der Waals surface area contributed by atoms with E-state index in [1.165, 1.54) is 22.5 Å². The van der Waals surface area contributed by atoms with Gasteiger partial charge in [0.1, 0.15) is 17.4 Å². The van der Waals surface area contributed by atoms with Crippen LogP contribution < -0.4 is 10.1 Å². The number of methoxy groups -OCH3 is 1. The number of rotatable bonds is 9. The molecule has 31 heavy (non-hydrogen) atoms. The van der Waals surface area contributed by atoms with Gasteiger partial charge in [-0.05, 0) is 56.2 Å². The van der Waals surface area contributed by atoms with Crippen molar-refractivity contribution < 1.29 is 14.3 Å². The van der Waals surface area contributed by atoms with E-state index < -0.39 is 0 Å². The smallest absolute Gasteiger partial charge is 0.322 e. The monoisotopic (exact) mass is 439 g/mol. The molecular weight excluding hydrogens is 410 g/mol. The van der Waals surface area contributed by atoms with Crippen molar-refractivity contribution >= 4 is 23.1 Å². The minimum absolute atomic E-state index is 0.179. The molecule has 0 saturated carbocycles. The topological polar surface area (TPSA) is 63.7 Å². The minimum atomic E-state index is -0.179. The molecule has 1 N–H and O–H groups in total. The van der Waals surface area contributed by atoms with Crippen LogP contribution in [-0.2, 0) is 17.9 Å². The van der Waals surface area contributed by atoms with Crippen LogP contribution in [0.2, 0.25) is 0 Å². The zero-order valence-electron chi connectivity index (χ0n) is 18.5. The van der Waals surface area contributed by atoms with Crippen molar-refractivity contribution in [2.45, 2.75) is 33.9 Å². The Morgan fingerprint density at radius 3 is 2.58 bits per heavy atom. The van der Waals surface area contributed by atoms with Crippen molar-refractivity contribution in [1.29, 1.82) is 0 Å². The van der Waals surface area contributed by atoms with Gasteiger partial charge in [-0.25, -0.2) is 9.78 Å². The molecule has 0 spiro atoms. The van der Waals surface area contributed by atoms with E-state index in [1.54, 1.807) is 12.0 Å². The molecular formula is C24H29N3O3S. The summed E-state index contributed by atoms with van der Waals surface area (Å²) in [5, 5.41) is 5.79. The SMILES string of the molecule is COCCN(Cc1csc(COc2ccc(C)c(C)c2)n1)C(=O)Nc1ccc(C)cc1. The van der Waals surface area contributed by atoms with Gasteiger partial charge in [-0.15, -0.1) is 11.3 Å². The second-order valence-electron chi connectivity index (χ2n) is 7.48. The first-order chi connectivity index (χ1) is 14.9. The Morgan fingerprint density at radius 2 is 1.87 bits per heavy atom. The molecule has 0 aliphatic carbocycles. The maximum atomic E-state index is 12.8. The summed E-state index contributed by atoms with van der Waals surface area (Å²) in [6.07, 6.45) is 0. The highest BCUT2D eigenvalue weighted by molar-refractivity contribution is 7.09. The zero-order chi connectivity index (χ0) is 22.2. The molecule has 0 fully saturated rings. The van der Waals surface area contributed by atoms with E-state index in [0.29, 0.717) is 26.3 Å². The van der Waals surface area contributed by atoms with Gasteiger partial charge in [0.2, 0.25) is 0 Å². The second kappa shape index (κ2) is 10.9. The highest BCUT2D eigenvalue weighted by Gasteiger charge is 2.16. The van der Waals surface area contributed by atoms with Crippen molar-refractivity contribution in [2.75, 3.05) is 25.6 Å². The summed E-state index contributed by atoms with van der Waals surface area (Å²) in [5.74, 6) is 0.832. The van der Waals surface area contributed by atoms with Gasteiger partial charge in [-0.1, -0.05) is 23.8 Å². The Labute approximate surface area is 187 Å². The van der Waals surface area contributed by atoms with Crippen molar-refractivity contribution in [3.05, 3.63) is 75.2 Å². The van der Waals surface area contributed by atoms with Crippen LogP contribution in [0.15, 0.2) is 47.8 Å². The van der Waals surface area contributed by atoms with E-state index in [9.17, 15) is 4.79 Å². The lowest BCUT2D eigenvalue weighted by Gasteiger charge is -2.22. The van der Waals surface area contributed by atoms with Gasteiger partial charge in [0, 0.05) is 24.7 Å². The normalized spacial score (nSPS) is 10.7. The maximum Gasteiger partial charge on any atom is 0.322 e. The molecule has 3 rings (SSSR count). The van der Waals surface area contributed by atoms with E-state index in [4.69, 9.17) is 9.47 Å². The highest BCUT2D eigenvalue weighted by atomic mass is 32.1. The molecule has 0 bridgehead atoms. The van der Waals surface area contributed by atoms with E-state index in [-0.39, 0.29) is 6.03 Å². The Morgan fingerprint density at radius 1 is 1.10 bits per heavy atom. The molecule has 0 aliphatic rings. The number of carbonyl (C=O) groups is 1. The minimum Gasteiger partial charge on any atom is -0.486 e. The van der Waals surface area contributed by atoms with Gasteiger partial charge in [0.25, 0.3) is 0 Å². The zero-order valence-corrected chi connectivity index (χ0v) is 19.3. The lowest BCUT2D eigenvalue weighted by molar-refractivity contribution is 0.152. The van der Waals surface area contributed by atoms with Crippen LogP contribution in [0.3, 0.4) is 0 Å². The average Bonchev–Trinajstić information content (AvgIpc) is 3.21. The Balaban J connectivity index is 1.60. The summed E-state index contributed by atoms with van der Waals surface area (Å²) in [7, 11) is 1.63. The number of aryl methyl sites for hydroxylation is 3. The summed E-state index contributed by atoms with van der Waals surface area (Å²) >= 11 is 1.53. The number of hydrogen-bond donors (Lipinski definition) is 1. The Hall–Kier alpha value is -2.90. The molecule has 164 valence electrons. The van der Waals surface area contributed by atoms with E-state index in [2.05, 4.69) is 30.2 Å². The van der Waals surface area contributed by atoms with Crippen LogP contribution in [-0.4, -0.2) is 36.2 Å². The first-order valence-electron chi connectivity index (χ1n) is 10.2. The molecule has 7 heteroatoms. The van der Waals surface area contributed by atoms with Crippen LogP contribution in [0.4, 0.5) is 10.5 Å². The number of ether oxygens (including phenoxy) is 2. The number of aromatic nitrogens is 1. The third kappa shape index (κ3) is 6.80. The molecule has 6 nitrogen and oxygen atoms in total. The number of amides is 2. The summed E-state index contributed by atoms with van der Waals surface area (Å²) in [5.41, 5.74) is 5.18. The standard InChI is InChI=1S/C24H29N3O3S/c1-17-5-8-20(9-6-17)26-24(28)27(11-12-29-4)14-21-16-31-23(25-21)15-30-22-10-7-18(2)19(3)13-22/h5-10,13,16H,11-12,14-15H2,1-4H3,(H,26,28). The van der Waals surface area contributed by atoms with Crippen LogP contribution in [0, 0.1) is 20.8 Å². The van der Waals surface area contributed by atoms with E-state index in [0.717, 1.165) is 27.7 Å². The van der Waals surface area contributed by atoms with E-state index >= 15 is 0 Å². The highest BCUT2D eigenvalue weighted by Crippen LogP contribution is 2.20. The molecule has 1 heterocycles. The summed E-state index contributed by atoms with van der Waals surface area (Å²) < 4.78 is 11.1. The predicted molar refractivity (Wildman–Crippen MR) is 125 cm³/mol. The molecule has 1 aromatic heterocycles. The van der Waals surface area contributed by atoms with Gasteiger partial charge in [0.05, 0.1) is 18.8 Å². The lowest BCUT2D eigenvalue weighted by atomic mass is 10.1.